The standard InChI is InChI=1S/C56H36N2/c1-3-14-43(15-4-1)57-53-22-12-11-21-48(53)50-33-39(27-30-54(50)57)37-23-25-38(26-24-37)40-28-31-55-51(34-40)52-36-42(29-32-56(52)58(55)44-16-5-2-6-17-44)49-35-41-13-7-8-18-45(41)46-19-9-10-20-47(46)49/h1-36H. The van der Waals surface area contributed by atoms with Gasteiger partial charge >= 0.3 is 0 Å². The van der Waals surface area contributed by atoms with Gasteiger partial charge in [0.2, 0.25) is 0 Å². The number of rotatable bonds is 5. The monoisotopic (exact) mass is 736 g/mol. The summed E-state index contributed by atoms with van der Waals surface area (Å²) in [5.41, 5.74) is 14.5. The molecule has 0 aliphatic carbocycles. The molecule has 270 valence electrons. The molecule has 58 heavy (non-hydrogen) atoms. The summed E-state index contributed by atoms with van der Waals surface area (Å²) >= 11 is 0. The minimum atomic E-state index is 1.16. The zero-order valence-corrected chi connectivity index (χ0v) is 31.7. The number of aromatic nitrogens is 2. The van der Waals surface area contributed by atoms with Crippen LogP contribution < -0.4 is 0 Å². The van der Waals surface area contributed by atoms with Crippen LogP contribution >= 0.6 is 0 Å². The first-order valence-corrected chi connectivity index (χ1v) is 20.0. The molecule has 0 N–H and O–H groups in total. The van der Waals surface area contributed by atoms with Crippen LogP contribution in [0.1, 0.15) is 0 Å². The predicted molar refractivity (Wildman–Crippen MR) is 246 cm³/mol. The molecule has 12 rings (SSSR count). The van der Waals surface area contributed by atoms with E-state index in [0.29, 0.717) is 0 Å². The number of hydrogen-bond acceptors (Lipinski definition) is 0. The molecule has 12 aromatic rings. The van der Waals surface area contributed by atoms with Gasteiger partial charge in [-0.25, -0.2) is 0 Å². The molecule has 0 saturated heterocycles. The minimum Gasteiger partial charge on any atom is -0.309 e. The van der Waals surface area contributed by atoms with Crippen molar-refractivity contribution >= 4 is 65.2 Å². The topological polar surface area (TPSA) is 9.86 Å². The second-order valence-corrected chi connectivity index (χ2v) is 15.3. The van der Waals surface area contributed by atoms with E-state index in [0.717, 1.165) is 5.69 Å². The molecule has 2 heteroatoms. The Morgan fingerprint density at radius 2 is 0.621 bits per heavy atom. The van der Waals surface area contributed by atoms with Gasteiger partial charge in [-0.1, -0.05) is 146 Å². The number of nitrogens with zero attached hydrogens (tertiary/aromatic N) is 2. The maximum Gasteiger partial charge on any atom is 0.0541 e. The highest BCUT2D eigenvalue weighted by atomic mass is 15.0. The lowest BCUT2D eigenvalue weighted by Crippen LogP contribution is -1.93. The predicted octanol–water partition coefficient (Wildman–Crippen LogP) is 15.2. The summed E-state index contributed by atoms with van der Waals surface area (Å²) in [6.45, 7) is 0. The Balaban J connectivity index is 0.984. The first-order valence-electron chi connectivity index (χ1n) is 20.0. The number of para-hydroxylation sites is 3. The minimum absolute atomic E-state index is 1.16. The fraction of sp³-hybridized carbons (Fsp3) is 0. The van der Waals surface area contributed by atoms with Gasteiger partial charge in [-0.3, -0.25) is 0 Å². The van der Waals surface area contributed by atoms with Crippen LogP contribution in [0, 0.1) is 0 Å². The van der Waals surface area contributed by atoms with Gasteiger partial charge in [0.1, 0.15) is 0 Å². The summed E-state index contributed by atoms with van der Waals surface area (Å²) in [5.74, 6) is 0. The normalized spacial score (nSPS) is 11.8. The lowest BCUT2D eigenvalue weighted by molar-refractivity contribution is 1.18. The fourth-order valence-electron chi connectivity index (χ4n) is 9.38. The largest absolute Gasteiger partial charge is 0.309 e. The van der Waals surface area contributed by atoms with Crippen molar-refractivity contribution < 1.29 is 0 Å². The summed E-state index contributed by atoms with van der Waals surface area (Å²) in [7, 11) is 0. The van der Waals surface area contributed by atoms with Crippen LogP contribution in [0.2, 0.25) is 0 Å². The maximum absolute atomic E-state index is 2.41. The molecule has 0 bridgehead atoms. The SMILES string of the molecule is c1ccc(-n2c3ccccc3c3cc(-c4ccc(-c5ccc6c(c5)c5cc(-c7cc8ccccc8c8ccccc78)ccc5n6-c5ccccc5)cc4)ccc32)cc1. The first-order chi connectivity index (χ1) is 28.8. The molecule has 0 unspecified atom stereocenters. The molecule has 0 aliphatic rings. The summed E-state index contributed by atoms with van der Waals surface area (Å²) in [6.07, 6.45) is 0. The van der Waals surface area contributed by atoms with Gasteiger partial charge in [0.05, 0.1) is 22.1 Å². The lowest BCUT2D eigenvalue weighted by atomic mass is 9.92. The zero-order chi connectivity index (χ0) is 38.2. The molecule has 0 saturated carbocycles. The van der Waals surface area contributed by atoms with E-state index in [9.17, 15) is 0 Å². The van der Waals surface area contributed by atoms with Gasteiger partial charge in [0.25, 0.3) is 0 Å². The van der Waals surface area contributed by atoms with Crippen LogP contribution in [0.15, 0.2) is 218 Å². The average molecular weight is 737 g/mol. The molecule has 0 spiro atoms. The molecule has 2 nitrogen and oxygen atoms in total. The summed E-state index contributed by atoms with van der Waals surface area (Å²) in [5, 5.41) is 10.1. The van der Waals surface area contributed by atoms with Crippen molar-refractivity contribution in [1.82, 2.24) is 9.13 Å². The van der Waals surface area contributed by atoms with Crippen molar-refractivity contribution in [3.8, 4) is 44.8 Å². The Bertz CT molecular complexity index is 3530. The Morgan fingerprint density at radius 3 is 1.21 bits per heavy atom. The van der Waals surface area contributed by atoms with Gasteiger partial charge in [0.15, 0.2) is 0 Å². The van der Waals surface area contributed by atoms with E-state index in [1.807, 2.05) is 0 Å². The van der Waals surface area contributed by atoms with E-state index in [-0.39, 0.29) is 0 Å². The third kappa shape index (κ3) is 5.05. The molecule has 2 heterocycles. The Labute approximate surface area is 336 Å². The van der Waals surface area contributed by atoms with Gasteiger partial charge < -0.3 is 9.13 Å². The molecular weight excluding hydrogens is 701 g/mol. The Kier molecular flexibility index (Phi) is 7.26. The first kappa shape index (κ1) is 32.6. The van der Waals surface area contributed by atoms with E-state index in [1.165, 1.54) is 104 Å². The van der Waals surface area contributed by atoms with Crippen LogP contribution in [0.3, 0.4) is 0 Å². The summed E-state index contributed by atoms with van der Waals surface area (Å²) in [6, 6.07) is 80.0. The number of fused-ring (bicyclic) bond motifs is 9. The fourth-order valence-corrected chi connectivity index (χ4v) is 9.38. The molecule has 0 fully saturated rings. The van der Waals surface area contributed by atoms with Crippen molar-refractivity contribution in [3.05, 3.63) is 218 Å². The molecule has 0 atom stereocenters. The van der Waals surface area contributed by atoms with Crippen LogP contribution in [0.5, 0.6) is 0 Å². The molecule has 0 amide bonds. The molecular formula is C56H36N2. The third-order valence-corrected chi connectivity index (χ3v) is 12.1. The van der Waals surface area contributed by atoms with Crippen molar-refractivity contribution in [2.75, 3.05) is 0 Å². The number of hydrogen-bond donors (Lipinski definition) is 0. The van der Waals surface area contributed by atoms with Crippen molar-refractivity contribution in [2.24, 2.45) is 0 Å². The van der Waals surface area contributed by atoms with Crippen molar-refractivity contribution in [3.63, 3.8) is 0 Å². The second kappa shape index (κ2) is 12.9. The van der Waals surface area contributed by atoms with E-state index < -0.39 is 0 Å². The highest BCUT2D eigenvalue weighted by Gasteiger charge is 2.17. The molecule has 10 aromatic carbocycles. The van der Waals surface area contributed by atoms with Crippen LogP contribution in [-0.4, -0.2) is 9.13 Å². The summed E-state index contributed by atoms with van der Waals surface area (Å²) < 4.78 is 4.78. The van der Waals surface area contributed by atoms with Crippen molar-refractivity contribution in [2.45, 2.75) is 0 Å². The van der Waals surface area contributed by atoms with Gasteiger partial charge in [-0.15, -0.1) is 0 Å². The smallest absolute Gasteiger partial charge is 0.0541 e. The second-order valence-electron chi connectivity index (χ2n) is 15.3. The Morgan fingerprint density at radius 1 is 0.224 bits per heavy atom. The molecule has 0 radical (unpaired) electrons. The van der Waals surface area contributed by atoms with Gasteiger partial charge in [-0.2, -0.15) is 0 Å². The number of benzene rings is 10. The van der Waals surface area contributed by atoms with Crippen LogP contribution in [0.25, 0.3) is 110 Å². The summed E-state index contributed by atoms with van der Waals surface area (Å²) in [4.78, 5) is 0. The Hall–Kier alpha value is -7.68. The average Bonchev–Trinajstić information content (AvgIpc) is 3.81. The van der Waals surface area contributed by atoms with Crippen LogP contribution in [-0.2, 0) is 0 Å². The van der Waals surface area contributed by atoms with Gasteiger partial charge in [-0.05, 0) is 128 Å². The van der Waals surface area contributed by atoms with E-state index in [1.54, 1.807) is 0 Å². The lowest BCUT2D eigenvalue weighted by Gasteiger charge is -2.12. The van der Waals surface area contributed by atoms with E-state index in [4.69, 9.17) is 0 Å². The molecule has 0 aliphatic heterocycles. The third-order valence-electron chi connectivity index (χ3n) is 12.1. The highest BCUT2D eigenvalue weighted by molar-refractivity contribution is 6.16. The maximum atomic E-state index is 2.41. The quantitative estimate of drug-likeness (QED) is 0.156. The zero-order valence-electron chi connectivity index (χ0n) is 31.7. The molecule has 2 aromatic heterocycles. The van der Waals surface area contributed by atoms with Gasteiger partial charge in [0, 0.05) is 32.9 Å². The van der Waals surface area contributed by atoms with E-state index in [2.05, 4.69) is 228 Å². The van der Waals surface area contributed by atoms with Crippen molar-refractivity contribution in [1.29, 1.82) is 0 Å². The van der Waals surface area contributed by atoms with Crippen LogP contribution in [0.4, 0.5) is 0 Å². The van der Waals surface area contributed by atoms with E-state index >= 15 is 0 Å². The highest BCUT2D eigenvalue weighted by Crippen LogP contribution is 2.41.